The van der Waals surface area contributed by atoms with Crippen LogP contribution in [0.15, 0.2) is 60.7 Å². The number of nitrogens with zero attached hydrogens (tertiary/aromatic N) is 2. The summed E-state index contributed by atoms with van der Waals surface area (Å²) < 4.78 is 6.11. The number of cyclic esters (lactones) is 1. The minimum absolute atomic E-state index is 0.0176. The Labute approximate surface area is 544 Å². The van der Waals surface area contributed by atoms with Gasteiger partial charge in [-0.25, -0.2) is 4.79 Å². The Morgan fingerprint density at radius 2 is 1.00 bits per heavy atom. The number of aliphatic carboxylic acids is 1. The third-order valence-electron chi connectivity index (χ3n) is 16.8. The predicted octanol–water partition coefficient (Wildman–Crippen LogP) is 0.545. The van der Waals surface area contributed by atoms with Crippen LogP contribution in [-0.4, -0.2) is 196 Å². The van der Waals surface area contributed by atoms with Gasteiger partial charge in [-0.15, -0.1) is 0 Å². The second-order valence-electron chi connectivity index (χ2n) is 25.6. The van der Waals surface area contributed by atoms with Gasteiger partial charge in [0.1, 0.15) is 66.5 Å². The summed E-state index contributed by atoms with van der Waals surface area (Å²) in [5.41, 5.74) is 7.01. The highest BCUT2D eigenvalue weighted by molar-refractivity contribution is 5.99. The van der Waals surface area contributed by atoms with Crippen molar-refractivity contribution in [2.24, 2.45) is 23.5 Å². The van der Waals surface area contributed by atoms with Gasteiger partial charge in [-0.1, -0.05) is 121 Å². The van der Waals surface area contributed by atoms with Gasteiger partial charge < -0.3 is 78.1 Å². The molecule has 3 fully saturated rings. The van der Waals surface area contributed by atoms with E-state index in [9.17, 15) is 72.9 Å². The number of benzene rings is 2. The number of aliphatic hydroxyl groups excluding tert-OH is 2. The van der Waals surface area contributed by atoms with Crippen LogP contribution in [0.5, 0.6) is 0 Å². The maximum Gasteiger partial charge on any atom is 0.329 e. The number of carboxylic acid groups (broad SMARTS) is 1. The second kappa shape index (κ2) is 38.2. The third-order valence-corrected chi connectivity index (χ3v) is 16.8. The molecule has 93 heavy (non-hydrogen) atoms. The fraction of sp³-hybridized carbons (Fsp3) is 0.636. The average Bonchev–Trinajstić information content (AvgIpc) is 1.80. The normalized spacial score (nSPS) is 26.0. The van der Waals surface area contributed by atoms with Crippen LogP contribution < -0.4 is 48.3 Å². The van der Waals surface area contributed by atoms with Crippen molar-refractivity contribution in [3.63, 3.8) is 0 Å². The number of ether oxygens (including phenoxy) is 1. The minimum Gasteiger partial charge on any atom is -0.481 e. The van der Waals surface area contributed by atoms with E-state index >= 15 is 0 Å². The number of nitrogens with one attached hydrogen (secondary N) is 8. The molecule has 0 aromatic heterocycles. The van der Waals surface area contributed by atoms with E-state index in [0.717, 1.165) is 12.8 Å². The number of nitrogens with two attached hydrogens (primary N) is 1. The number of hydrogen-bond donors (Lipinski definition) is 12. The molecule has 27 heteroatoms. The topological polar surface area (TPSA) is 403 Å². The molecule has 0 spiro atoms. The van der Waals surface area contributed by atoms with Crippen molar-refractivity contribution in [3.05, 3.63) is 71.8 Å². The van der Waals surface area contributed by atoms with Crippen LogP contribution in [-0.2, 0) is 75.1 Å². The fourth-order valence-corrected chi connectivity index (χ4v) is 11.7. The lowest BCUT2D eigenvalue weighted by Gasteiger charge is -2.32. The summed E-state index contributed by atoms with van der Waals surface area (Å²) >= 11 is 0. The molecule has 1 unspecified atom stereocenters. The molecule has 0 bridgehead atoms. The highest BCUT2D eigenvalue weighted by Crippen LogP contribution is 2.25. The van der Waals surface area contributed by atoms with Crippen LogP contribution in [0.2, 0.25) is 0 Å². The summed E-state index contributed by atoms with van der Waals surface area (Å²) in [5, 5.41) is 52.0. The lowest BCUT2D eigenvalue weighted by molar-refractivity contribution is -0.160. The number of esters is 1. The largest absolute Gasteiger partial charge is 0.481 e. The standard InChI is InChI=1S/C66H99N11O16/c1-39(2)20-10-7-15-25-44-35-54(80)68-49(36-55(81)82)60(86)72-48(34-43-23-13-9-14-24-43)59(85)73-51(38-79)62(88)75-56(41(5)6)65(91)76-30-18-27-52(76)63(89)74-50(37-78)61(87)70-46(32-40(3)4)57(83)71-47(33-42-21-11-8-12-22-42)58(84)69-45(26-16-17-29-67)64(90)77-31-19-28-53(77)66(92)93-44/h8-9,11-14,21-24,39-41,44-53,56,78-79H,7,10,15-20,25-38,67H2,1-6H3,(H,68,80)(H,69,84)(H,70,87)(H,71,83)(H,72,86)(H,73,85)(H,74,89)(H,75,88)(H,81,82)/t44-,45+,46-,47+,48-,49-,50+,51?,52+,53+,56-/m1/s1. The molecule has 0 saturated carbocycles. The number of unbranched alkanes of at least 4 members (excludes halogenated alkanes) is 3. The zero-order chi connectivity index (χ0) is 68.3. The van der Waals surface area contributed by atoms with Crippen LogP contribution >= 0.6 is 0 Å². The lowest BCUT2D eigenvalue weighted by Crippen LogP contribution is -2.62. The number of fused-ring (bicyclic) bond motifs is 2. The molecular formula is C66H99N11O16. The molecule has 0 radical (unpaired) electrons. The summed E-state index contributed by atoms with van der Waals surface area (Å²) in [6.07, 6.45) is 1.89. The Morgan fingerprint density at radius 3 is 1.53 bits per heavy atom. The molecule has 5 rings (SSSR count). The molecule has 0 aliphatic carbocycles. The average molecular weight is 1300 g/mol. The van der Waals surface area contributed by atoms with E-state index in [1.165, 1.54) is 9.80 Å². The van der Waals surface area contributed by atoms with Crippen LogP contribution in [0.4, 0.5) is 0 Å². The SMILES string of the molecule is CC(C)CCCCC[C@@H]1CC(=O)N[C@H](CC(=O)O)C(=O)N[C@H](Cc2ccccc2)C(=O)NC(CO)C(=O)N[C@H](C(C)C)C(=O)N2CCC[C@H]2C(=O)N[C@@H](CO)C(=O)N[C@H](CC(C)C)C(=O)N[C@@H](Cc2ccccc2)C(=O)N[C@@H](CCCCN)C(=O)N2CCC[C@H]2C(=O)O1. The fourth-order valence-electron chi connectivity index (χ4n) is 11.7. The predicted molar refractivity (Wildman–Crippen MR) is 341 cm³/mol. The number of hydrogen-bond acceptors (Lipinski definition) is 16. The number of aliphatic hydroxyl groups is 2. The maximum absolute atomic E-state index is 14.9. The van der Waals surface area contributed by atoms with E-state index in [4.69, 9.17) is 10.5 Å². The summed E-state index contributed by atoms with van der Waals surface area (Å²) in [6, 6.07) is 2.46. The third kappa shape index (κ3) is 24.1. The summed E-state index contributed by atoms with van der Waals surface area (Å²) in [7, 11) is 0. The zero-order valence-electron chi connectivity index (χ0n) is 54.5. The molecule has 3 heterocycles. The van der Waals surface area contributed by atoms with Gasteiger partial charge in [-0.3, -0.25) is 52.7 Å². The lowest BCUT2D eigenvalue weighted by atomic mass is 10.00. The summed E-state index contributed by atoms with van der Waals surface area (Å²) in [5.74, 6) is -11.7. The van der Waals surface area contributed by atoms with Gasteiger partial charge in [0.15, 0.2) is 0 Å². The van der Waals surface area contributed by atoms with Crippen LogP contribution in [0.3, 0.4) is 0 Å². The molecule has 514 valence electrons. The smallest absolute Gasteiger partial charge is 0.329 e. The van der Waals surface area contributed by atoms with E-state index in [0.29, 0.717) is 55.6 Å². The van der Waals surface area contributed by atoms with Crippen molar-refractivity contribution in [2.45, 2.75) is 217 Å². The van der Waals surface area contributed by atoms with Gasteiger partial charge in [-0.05, 0) is 99.6 Å². The number of carbonyl (C=O) groups is 12. The van der Waals surface area contributed by atoms with Crippen LogP contribution in [0, 0.1) is 17.8 Å². The van der Waals surface area contributed by atoms with Gasteiger partial charge >= 0.3 is 11.9 Å². The van der Waals surface area contributed by atoms with Gasteiger partial charge in [0.25, 0.3) is 0 Å². The molecule has 3 saturated heterocycles. The quantitative estimate of drug-likeness (QED) is 0.0600. The molecule has 3 aliphatic heterocycles. The molecule has 2 aromatic rings. The van der Waals surface area contributed by atoms with E-state index in [1.807, 2.05) is 0 Å². The first-order valence-corrected chi connectivity index (χ1v) is 32.8. The van der Waals surface area contributed by atoms with Crippen LogP contribution in [0.1, 0.15) is 149 Å². The number of carbonyl (C=O) groups excluding carboxylic acids is 11. The first-order valence-electron chi connectivity index (χ1n) is 32.8. The summed E-state index contributed by atoms with van der Waals surface area (Å²) in [4.78, 5) is 173. The summed E-state index contributed by atoms with van der Waals surface area (Å²) in [6.45, 7) is 9.35. The molecule has 2 aromatic carbocycles. The number of amides is 10. The molecular weight excluding hydrogens is 1200 g/mol. The van der Waals surface area contributed by atoms with Crippen LogP contribution in [0.25, 0.3) is 0 Å². The highest BCUT2D eigenvalue weighted by Gasteiger charge is 2.43. The maximum atomic E-state index is 14.9. The Balaban J connectivity index is 1.57. The Morgan fingerprint density at radius 1 is 0.527 bits per heavy atom. The molecule has 13 N–H and O–H groups in total. The van der Waals surface area contributed by atoms with Gasteiger partial charge in [0.2, 0.25) is 59.1 Å². The first-order chi connectivity index (χ1) is 44.3. The first kappa shape index (κ1) is 75.7. The molecule has 3 aliphatic rings. The Hall–Kier alpha value is -8.04. The minimum atomic E-state index is -1.82. The number of rotatable bonds is 21. The van der Waals surface area contributed by atoms with Crippen molar-refractivity contribution >= 4 is 71.0 Å². The van der Waals surface area contributed by atoms with Crippen molar-refractivity contribution < 1.29 is 77.6 Å². The van der Waals surface area contributed by atoms with E-state index in [1.54, 1.807) is 88.4 Å². The van der Waals surface area contributed by atoms with E-state index < -0.39 is 170 Å². The van der Waals surface area contributed by atoms with Crippen molar-refractivity contribution in [1.82, 2.24) is 52.3 Å². The van der Waals surface area contributed by atoms with E-state index in [2.05, 4.69) is 56.4 Å². The Kier molecular flexibility index (Phi) is 31.1. The molecule has 11 atom stereocenters. The molecule has 27 nitrogen and oxygen atoms in total. The number of carboxylic acids is 1. The van der Waals surface area contributed by atoms with Crippen molar-refractivity contribution in [3.8, 4) is 0 Å². The highest BCUT2D eigenvalue weighted by atomic mass is 16.5. The molecule has 10 amide bonds. The monoisotopic (exact) mass is 1300 g/mol. The van der Waals surface area contributed by atoms with Crippen molar-refractivity contribution in [1.29, 1.82) is 0 Å². The van der Waals surface area contributed by atoms with Crippen molar-refractivity contribution in [2.75, 3.05) is 32.8 Å². The van der Waals surface area contributed by atoms with Gasteiger partial charge in [0.05, 0.1) is 26.1 Å². The van der Waals surface area contributed by atoms with Gasteiger partial charge in [-0.2, -0.15) is 0 Å². The Bertz CT molecular complexity index is 2850. The van der Waals surface area contributed by atoms with E-state index in [-0.39, 0.29) is 70.5 Å². The zero-order valence-corrected chi connectivity index (χ0v) is 54.5. The van der Waals surface area contributed by atoms with Gasteiger partial charge in [0, 0.05) is 25.9 Å². The second-order valence-corrected chi connectivity index (χ2v) is 25.6.